The first-order valence-electron chi connectivity index (χ1n) is 9.81. The number of aromatic amines is 1. The van der Waals surface area contributed by atoms with E-state index in [9.17, 15) is 13.2 Å². The van der Waals surface area contributed by atoms with Gasteiger partial charge in [-0.15, -0.1) is 0 Å². The van der Waals surface area contributed by atoms with Crippen molar-refractivity contribution in [2.24, 2.45) is 4.99 Å². The third-order valence-corrected chi connectivity index (χ3v) is 5.11. The smallest absolute Gasteiger partial charge is 0.340 e. The van der Waals surface area contributed by atoms with Crippen molar-refractivity contribution in [3.8, 4) is 0 Å². The first kappa shape index (κ1) is 21.7. The van der Waals surface area contributed by atoms with Gasteiger partial charge in [0.25, 0.3) is 0 Å². The number of amidine groups is 1. The number of halogens is 3. The molecule has 0 radical (unpaired) electrons. The number of benzene rings is 2. The quantitative estimate of drug-likeness (QED) is 0.374. The topological polar surface area (TPSA) is 101 Å². The molecular formula is C21H22F3N7O. The largest absolute Gasteiger partial charge is 0.416 e. The minimum Gasteiger partial charge on any atom is -0.340 e. The van der Waals surface area contributed by atoms with E-state index in [0.717, 1.165) is 23.4 Å². The Morgan fingerprint density at radius 1 is 1.16 bits per heavy atom. The maximum Gasteiger partial charge on any atom is 0.416 e. The molecule has 1 unspecified atom stereocenters. The lowest BCUT2D eigenvalue weighted by Gasteiger charge is -2.35. The van der Waals surface area contributed by atoms with Crippen LogP contribution in [0.3, 0.4) is 0 Å². The van der Waals surface area contributed by atoms with Gasteiger partial charge in [0.05, 0.1) is 24.1 Å². The number of aliphatic imine (C=N–C) groups is 1. The van der Waals surface area contributed by atoms with Crippen molar-refractivity contribution in [2.45, 2.75) is 25.6 Å². The summed E-state index contributed by atoms with van der Waals surface area (Å²) in [7, 11) is 1.83. The molecule has 5 N–H and O–H groups in total. The Kier molecular flexibility index (Phi) is 6.01. The molecule has 4 rings (SSSR count). The number of alkyl halides is 3. The van der Waals surface area contributed by atoms with Gasteiger partial charge in [-0.1, -0.05) is 30.3 Å². The van der Waals surface area contributed by atoms with E-state index in [4.69, 9.17) is 5.21 Å². The monoisotopic (exact) mass is 445 g/mol. The molecule has 3 aromatic rings. The average Bonchev–Trinajstić information content (AvgIpc) is 3.29. The van der Waals surface area contributed by atoms with Gasteiger partial charge in [0, 0.05) is 13.6 Å². The first-order chi connectivity index (χ1) is 15.3. The van der Waals surface area contributed by atoms with Crippen LogP contribution in [0.5, 0.6) is 0 Å². The Morgan fingerprint density at radius 3 is 2.66 bits per heavy atom. The maximum atomic E-state index is 13.0. The molecule has 0 spiro atoms. The molecule has 0 amide bonds. The van der Waals surface area contributed by atoms with Crippen LogP contribution < -0.4 is 21.0 Å². The molecule has 2 heterocycles. The molecule has 168 valence electrons. The highest BCUT2D eigenvalue weighted by molar-refractivity contribution is 6.03. The van der Waals surface area contributed by atoms with Crippen LogP contribution in [0.2, 0.25) is 0 Å². The molecule has 8 nitrogen and oxygen atoms in total. The number of anilines is 2. The van der Waals surface area contributed by atoms with Crippen molar-refractivity contribution in [2.75, 3.05) is 17.4 Å². The summed E-state index contributed by atoms with van der Waals surface area (Å²) in [5.74, 6) is 1.25. The number of hydrogen-bond donors (Lipinski definition) is 5. The average molecular weight is 445 g/mol. The summed E-state index contributed by atoms with van der Waals surface area (Å²) in [5.41, 5.74) is 4.15. The predicted molar refractivity (Wildman–Crippen MR) is 114 cm³/mol. The molecule has 1 aromatic heterocycles. The van der Waals surface area contributed by atoms with E-state index in [-0.39, 0.29) is 6.54 Å². The number of nitrogens with one attached hydrogen (secondary N) is 4. The van der Waals surface area contributed by atoms with Crippen LogP contribution >= 0.6 is 0 Å². The number of aromatic nitrogens is 2. The third kappa shape index (κ3) is 4.68. The molecule has 11 heteroatoms. The zero-order chi connectivity index (χ0) is 22.7. The van der Waals surface area contributed by atoms with Crippen LogP contribution in [0.25, 0.3) is 0 Å². The van der Waals surface area contributed by atoms with E-state index in [0.29, 0.717) is 29.4 Å². The maximum absolute atomic E-state index is 13.0. The Labute approximate surface area is 182 Å². The van der Waals surface area contributed by atoms with E-state index >= 15 is 0 Å². The van der Waals surface area contributed by atoms with Gasteiger partial charge in [-0.3, -0.25) is 21.0 Å². The standard InChI is InChI=1S/C21H22F3N7O/c1-31-19-17(27-12-28-19)18(25-10-13-5-7-16(30-32)8-6-13)29-20(31)26-11-14-3-2-4-15(9-14)21(22,23)24/h2-9,12,20,26,30,32H,10-11H2,1H3,(H,25,29)(H,27,28). The lowest BCUT2D eigenvalue weighted by atomic mass is 10.1. The summed E-state index contributed by atoms with van der Waals surface area (Å²) in [6.45, 7) is 0.602. The zero-order valence-electron chi connectivity index (χ0n) is 17.1. The highest BCUT2D eigenvalue weighted by Crippen LogP contribution is 2.29. The lowest BCUT2D eigenvalue weighted by Crippen LogP contribution is -2.59. The van der Waals surface area contributed by atoms with E-state index in [1.54, 1.807) is 24.5 Å². The molecule has 0 saturated heterocycles. The fourth-order valence-corrected chi connectivity index (χ4v) is 3.39. The van der Waals surface area contributed by atoms with Gasteiger partial charge in [0.1, 0.15) is 5.69 Å². The molecule has 0 aliphatic carbocycles. The SMILES string of the molecule is CN1c2nc[nH]c2C(=NCc2ccc(NO)cc2)NC1NCc1cccc(C(F)(F)F)c1. The highest BCUT2D eigenvalue weighted by atomic mass is 19.4. The fourth-order valence-electron chi connectivity index (χ4n) is 3.39. The minimum absolute atomic E-state index is 0.217. The van der Waals surface area contributed by atoms with E-state index in [1.807, 2.05) is 24.1 Å². The molecule has 1 atom stereocenters. The Hall–Kier alpha value is -3.57. The Balaban J connectivity index is 1.49. The van der Waals surface area contributed by atoms with Gasteiger partial charge in [-0.2, -0.15) is 13.2 Å². The van der Waals surface area contributed by atoms with Crippen LogP contribution in [0.4, 0.5) is 24.7 Å². The summed E-state index contributed by atoms with van der Waals surface area (Å²) in [4.78, 5) is 13.9. The summed E-state index contributed by atoms with van der Waals surface area (Å²) in [6, 6.07) is 12.4. The van der Waals surface area contributed by atoms with Gasteiger partial charge in [-0.25, -0.2) is 4.98 Å². The Bertz CT molecular complexity index is 1100. The van der Waals surface area contributed by atoms with Crippen molar-refractivity contribution in [3.63, 3.8) is 0 Å². The number of hydrogen-bond acceptors (Lipinski definition) is 6. The zero-order valence-corrected chi connectivity index (χ0v) is 17.1. The van der Waals surface area contributed by atoms with Crippen molar-refractivity contribution in [3.05, 3.63) is 77.2 Å². The summed E-state index contributed by atoms with van der Waals surface area (Å²) in [5, 5.41) is 15.4. The van der Waals surface area contributed by atoms with E-state index < -0.39 is 18.0 Å². The second-order valence-electron chi connectivity index (χ2n) is 7.31. The summed E-state index contributed by atoms with van der Waals surface area (Å²) >= 11 is 0. The van der Waals surface area contributed by atoms with Crippen LogP contribution in [0, 0.1) is 0 Å². The van der Waals surface area contributed by atoms with Crippen LogP contribution in [0.15, 0.2) is 59.9 Å². The van der Waals surface area contributed by atoms with E-state index in [1.165, 1.54) is 6.07 Å². The van der Waals surface area contributed by atoms with Crippen molar-refractivity contribution >= 4 is 17.3 Å². The fraction of sp³-hybridized carbons (Fsp3) is 0.238. The van der Waals surface area contributed by atoms with Crippen molar-refractivity contribution in [1.82, 2.24) is 20.6 Å². The molecule has 32 heavy (non-hydrogen) atoms. The van der Waals surface area contributed by atoms with Gasteiger partial charge in [0.15, 0.2) is 17.9 Å². The number of nitrogens with zero attached hydrogens (tertiary/aromatic N) is 3. The number of imidazole rings is 1. The first-order valence-corrected chi connectivity index (χ1v) is 9.81. The van der Waals surface area contributed by atoms with Crippen molar-refractivity contribution in [1.29, 1.82) is 0 Å². The highest BCUT2D eigenvalue weighted by Gasteiger charge is 2.31. The summed E-state index contributed by atoms with van der Waals surface area (Å²) < 4.78 is 39.0. The van der Waals surface area contributed by atoms with Gasteiger partial charge in [0.2, 0.25) is 0 Å². The molecule has 0 saturated carbocycles. The lowest BCUT2D eigenvalue weighted by molar-refractivity contribution is -0.137. The molecule has 0 bridgehead atoms. The van der Waals surface area contributed by atoms with E-state index in [2.05, 4.69) is 31.1 Å². The minimum atomic E-state index is -4.38. The van der Waals surface area contributed by atoms with Gasteiger partial charge < -0.3 is 15.2 Å². The van der Waals surface area contributed by atoms with Crippen molar-refractivity contribution < 1.29 is 18.4 Å². The Morgan fingerprint density at radius 2 is 1.94 bits per heavy atom. The molecule has 1 aliphatic rings. The molecule has 1 aliphatic heterocycles. The van der Waals surface area contributed by atoms with Gasteiger partial charge >= 0.3 is 6.18 Å². The summed E-state index contributed by atoms with van der Waals surface area (Å²) in [6.07, 6.45) is -3.25. The normalized spacial score (nSPS) is 17.2. The second-order valence-corrected chi connectivity index (χ2v) is 7.31. The second kappa shape index (κ2) is 8.89. The van der Waals surface area contributed by atoms with Gasteiger partial charge in [-0.05, 0) is 29.3 Å². The number of fused-ring (bicyclic) bond motifs is 1. The number of rotatable bonds is 6. The predicted octanol–water partition coefficient (Wildman–Crippen LogP) is 3.29. The van der Waals surface area contributed by atoms with Crippen LogP contribution in [0.1, 0.15) is 22.4 Å². The van der Waals surface area contributed by atoms with Crippen LogP contribution in [-0.2, 0) is 19.3 Å². The third-order valence-electron chi connectivity index (χ3n) is 5.11. The van der Waals surface area contributed by atoms with Crippen LogP contribution in [-0.4, -0.2) is 34.3 Å². The molecule has 0 fully saturated rings. The number of H-pyrrole nitrogens is 1. The molecular weight excluding hydrogens is 423 g/mol. The molecule has 2 aromatic carbocycles.